The summed E-state index contributed by atoms with van der Waals surface area (Å²) in [5, 5.41) is 2.10. The van der Waals surface area contributed by atoms with Crippen molar-refractivity contribution in [3.63, 3.8) is 0 Å². The van der Waals surface area contributed by atoms with Crippen LogP contribution in [0.4, 0.5) is 0 Å². The molecule has 0 aliphatic rings. The van der Waals surface area contributed by atoms with Crippen LogP contribution in [0.5, 0.6) is 0 Å². The third kappa shape index (κ3) is 1.59. The molecule has 0 saturated carbocycles. The van der Waals surface area contributed by atoms with Crippen molar-refractivity contribution in [1.82, 2.24) is 4.98 Å². The molecule has 1 aromatic heterocycles. The normalized spacial score (nSPS) is 9.44. The molecule has 4 heteroatoms. The molecule has 0 aliphatic heterocycles. The Hall–Kier alpha value is -0.220. The largest absolute Gasteiger partial charge is 0.291 e. The molecule has 0 saturated heterocycles. The molecular formula is C5H4BrNOS. The number of Topliss-reactive ketones (excluding diaryl/α,β-unsaturated/α-hetero) is 1. The Morgan fingerprint density at radius 3 is 3.11 bits per heavy atom. The zero-order valence-electron chi connectivity index (χ0n) is 4.50. The van der Waals surface area contributed by atoms with E-state index in [9.17, 15) is 4.79 Å². The molecular weight excluding hydrogens is 202 g/mol. The van der Waals surface area contributed by atoms with E-state index in [-0.39, 0.29) is 5.78 Å². The van der Waals surface area contributed by atoms with Gasteiger partial charge in [-0.3, -0.25) is 4.79 Å². The van der Waals surface area contributed by atoms with E-state index < -0.39 is 0 Å². The first kappa shape index (κ1) is 6.89. The molecule has 0 atom stereocenters. The Bertz CT molecular complexity index is 197. The number of hydrogen-bond donors (Lipinski definition) is 0. The molecule has 1 rings (SSSR count). The number of halogens is 1. The Kier molecular flexibility index (Phi) is 2.36. The fourth-order valence-corrected chi connectivity index (χ4v) is 1.26. The SMILES string of the molecule is O=C(CBr)c1cscn1. The highest BCUT2D eigenvalue weighted by Crippen LogP contribution is 2.02. The molecule has 0 amide bonds. The summed E-state index contributed by atoms with van der Waals surface area (Å²) in [5.41, 5.74) is 2.20. The summed E-state index contributed by atoms with van der Waals surface area (Å²) in [4.78, 5) is 14.6. The number of carbonyl (C=O) groups excluding carboxylic acids is 1. The third-order valence-electron chi connectivity index (χ3n) is 0.839. The molecule has 1 heterocycles. The van der Waals surface area contributed by atoms with Crippen molar-refractivity contribution < 1.29 is 4.79 Å². The molecule has 2 nitrogen and oxygen atoms in total. The summed E-state index contributed by atoms with van der Waals surface area (Å²) >= 11 is 4.48. The van der Waals surface area contributed by atoms with Gasteiger partial charge in [-0.1, -0.05) is 15.9 Å². The van der Waals surface area contributed by atoms with E-state index in [2.05, 4.69) is 20.9 Å². The zero-order chi connectivity index (χ0) is 6.69. The van der Waals surface area contributed by atoms with Crippen LogP contribution in [0.2, 0.25) is 0 Å². The van der Waals surface area contributed by atoms with Gasteiger partial charge in [0.1, 0.15) is 5.69 Å². The summed E-state index contributed by atoms with van der Waals surface area (Å²) in [6.07, 6.45) is 0. The van der Waals surface area contributed by atoms with Gasteiger partial charge < -0.3 is 0 Å². The van der Waals surface area contributed by atoms with Crippen molar-refractivity contribution in [3.05, 3.63) is 16.6 Å². The van der Waals surface area contributed by atoms with E-state index in [1.807, 2.05) is 0 Å². The van der Waals surface area contributed by atoms with E-state index in [1.54, 1.807) is 10.9 Å². The molecule has 0 aliphatic carbocycles. The molecule has 9 heavy (non-hydrogen) atoms. The van der Waals surface area contributed by atoms with E-state index in [0.717, 1.165) is 0 Å². The number of thiazole rings is 1. The minimum Gasteiger partial charge on any atom is -0.291 e. The Labute approximate surface area is 65.1 Å². The maximum absolute atomic E-state index is 10.8. The Morgan fingerprint density at radius 2 is 2.67 bits per heavy atom. The summed E-state index contributed by atoms with van der Waals surface area (Å²) in [6, 6.07) is 0. The van der Waals surface area contributed by atoms with Crippen LogP contribution in [0.25, 0.3) is 0 Å². The number of aromatic nitrogens is 1. The second-order valence-electron chi connectivity index (χ2n) is 1.43. The lowest BCUT2D eigenvalue weighted by Gasteiger charge is -1.84. The van der Waals surface area contributed by atoms with Crippen LogP contribution >= 0.6 is 27.3 Å². The van der Waals surface area contributed by atoms with Crippen LogP contribution in [-0.2, 0) is 0 Å². The second kappa shape index (κ2) is 3.08. The number of nitrogens with zero attached hydrogens (tertiary/aromatic N) is 1. The van der Waals surface area contributed by atoms with Gasteiger partial charge in [0, 0.05) is 5.38 Å². The summed E-state index contributed by atoms with van der Waals surface area (Å²) in [5.74, 6) is 0.0382. The Balaban J connectivity index is 2.77. The number of ketones is 1. The lowest BCUT2D eigenvalue weighted by atomic mass is 10.4. The van der Waals surface area contributed by atoms with Crippen molar-refractivity contribution in [2.75, 3.05) is 5.33 Å². The average molecular weight is 206 g/mol. The second-order valence-corrected chi connectivity index (χ2v) is 2.71. The van der Waals surface area contributed by atoms with Gasteiger partial charge in [-0.05, 0) is 0 Å². The van der Waals surface area contributed by atoms with Gasteiger partial charge in [-0.15, -0.1) is 11.3 Å². The highest BCUT2D eigenvalue weighted by molar-refractivity contribution is 9.09. The van der Waals surface area contributed by atoms with Crippen LogP contribution in [0, 0.1) is 0 Å². The number of hydrogen-bond acceptors (Lipinski definition) is 3. The van der Waals surface area contributed by atoms with Gasteiger partial charge in [0.25, 0.3) is 0 Å². The monoisotopic (exact) mass is 205 g/mol. The smallest absolute Gasteiger partial charge is 0.192 e. The molecule has 0 bridgehead atoms. The maximum Gasteiger partial charge on any atom is 0.192 e. The van der Waals surface area contributed by atoms with E-state index in [1.165, 1.54) is 11.3 Å². The highest BCUT2D eigenvalue weighted by Gasteiger charge is 2.03. The van der Waals surface area contributed by atoms with Crippen LogP contribution in [-0.4, -0.2) is 16.1 Å². The quantitative estimate of drug-likeness (QED) is 0.544. The van der Waals surface area contributed by atoms with Crippen LogP contribution in [0.15, 0.2) is 10.9 Å². The number of alkyl halides is 1. The maximum atomic E-state index is 10.8. The first-order valence-corrected chi connectivity index (χ1v) is 4.38. The predicted molar refractivity (Wildman–Crippen MR) is 40.2 cm³/mol. The van der Waals surface area contributed by atoms with Crippen molar-refractivity contribution >= 4 is 33.0 Å². The Morgan fingerprint density at radius 1 is 1.89 bits per heavy atom. The molecule has 1 aromatic rings. The van der Waals surface area contributed by atoms with Gasteiger partial charge in [0.2, 0.25) is 0 Å². The van der Waals surface area contributed by atoms with Crippen LogP contribution < -0.4 is 0 Å². The van der Waals surface area contributed by atoms with E-state index in [0.29, 0.717) is 11.0 Å². The molecule has 0 fully saturated rings. The minimum atomic E-state index is 0.0382. The molecule has 0 aromatic carbocycles. The number of carbonyl (C=O) groups is 1. The molecule has 48 valence electrons. The van der Waals surface area contributed by atoms with Crippen LogP contribution in [0.1, 0.15) is 10.5 Å². The van der Waals surface area contributed by atoms with Crippen molar-refractivity contribution in [2.45, 2.75) is 0 Å². The lowest BCUT2D eigenvalue weighted by Crippen LogP contribution is -1.98. The predicted octanol–water partition coefficient (Wildman–Crippen LogP) is 1.72. The molecule has 0 radical (unpaired) electrons. The first-order chi connectivity index (χ1) is 4.34. The van der Waals surface area contributed by atoms with Crippen molar-refractivity contribution in [3.8, 4) is 0 Å². The van der Waals surface area contributed by atoms with E-state index >= 15 is 0 Å². The zero-order valence-corrected chi connectivity index (χ0v) is 6.91. The first-order valence-electron chi connectivity index (χ1n) is 2.32. The van der Waals surface area contributed by atoms with Crippen molar-refractivity contribution in [1.29, 1.82) is 0 Å². The standard InChI is InChI=1S/C5H4BrNOS/c6-1-5(8)4-2-9-3-7-4/h2-3H,1H2. The summed E-state index contributed by atoms with van der Waals surface area (Å²) in [7, 11) is 0. The lowest BCUT2D eigenvalue weighted by molar-refractivity contribution is 0.102. The highest BCUT2D eigenvalue weighted by atomic mass is 79.9. The van der Waals surface area contributed by atoms with Crippen molar-refractivity contribution in [2.24, 2.45) is 0 Å². The summed E-state index contributed by atoms with van der Waals surface area (Å²) < 4.78 is 0. The third-order valence-corrected chi connectivity index (χ3v) is 1.94. The molecule has 0 unspecified atom stereocenters. The fraction of sp³-hybridized carbons (Fsp3) is 0.200. The topological polar surface area (TPSA) is 30.0 Å². The fourth-order valence-electron chi connectivity index (χ4n) is 0.419. The van der Waals surface area contributed by atoms with Gasteiger partial charge in [-0.2, -0.15) is 0 Å². The number of rotatable bonds is 2. The van der Waals surface area contributed by atoms with Gasteiger partial charge in [-0.25, -0.2) is 4.98 Å². The van der Waals surface area contributed by atoms with E-state index in [4.69, 9.17) is 0 Å². The minimum absolute atomic E-state index is 0.0382. The molecule has 0 spiro atoms. The van der Waals surface area contributed by atoms with Crippen LogP contribution in [0.3, 0.4) is 0 Å². The van der Waals surface area contributed by atoms with Gasteiger partial charge in [0.05, 0.1) is 10.8 Å². The molecule has 0 N–H and O–H groups in total. The average Bonchev–Trinajstić information content (AvgIpc) is 2.37. The summed E-state index contributed by atoms with van der Waals surface area (Å²) in [6.45, 7) is 0. The van der Waals surface area contributed by atoms with Gasteiger partial charge >= 0.3 is 0 Å². The van der Waals surface area contributed by atoms with Gasteiger partial charge in [0.15, 0.2) is 5.78 Å².